The van der Waals surface area contributed by atoms with Crippen LogP contribution in [0.2, 0.25) is 5.02 Å². The molecule has 0 atom stereocenters. The van der Waals surface area contributed by atoms with E-state index in [2.05, 4.69) is 4.99 Å². The van der Waals surface area contributed by atoms with Crippen molar-refractivity contribution in [3.63, 3.8) is 0 Å². The standard InChI is InChI=1S/C20H16ClNO3/c21-14-9-10-17(23)13(11-14)12-22-20(15-5-1-3-7-18(15)24)16-6-2-4-8-19(16)25/h1-12,20,23-25H/b22-12+. The van der Waals surface area contributed by atoms with Gasteiger partial charge in [0.2, 0.25) is 0 Å². The van der Waals surface area contributed by atoms with Crippen LogP contribution < -0.4 is 0 Å². The van der Waals surface area contributed by atoms with Crippen molar-refractivity contribution < 1.29 is 15.3 Å². The van der Waals surface area contributed by atoms with Gasteiger partial charge in [-0.1, -0.05) is 48.0 Å². The van der Waals surface area contributed by atoms with Crippen LogP contribution in [0.25, 0.3) is 0 Å². The zero-order valence-corrected chi connectivity index (χ0v) is 13.9. The van der Waals surface area contributed by atoms with Crippen molar-refractivity contribution in [3.05, 3.63) is 88.4 Å². The molecule has 4 nitrogen and oxygen atoms in total. The average molecular weight is 354 g/mol. The maximum Gasteiger partial charge on any atom is 0.124 e. The topological polar surface area (TPSA) is 73.1 Å². The zero-order valence-electron chi connectivity index (χ0n) is 13.2. The van der Waals surface area contributed by atoms with Gasteiger partial charge in [0, 0.05) is 27.9 Å². The van der Waals surface area contributed by atoms with E-state index < -0.39 is 6.04 Å². The summed E-state index contributed by atoms with van der Waals surface area (Å²) in [5.41, 5.74) is 1.53. The van der Waals surface area contributed by atoms with Gasteiger partial charge in [-0.3, -0.25) is 4.99 Å². The van der Waals surface area contributed by atoms with Gasteiger partial charge in [-0.15, -0.1) is 0 Å². The molecule has 0 aliphatic heterocycles. The van der Waals surface area contributed by atoms with Gasteiger partial charge in [0.05, 0.1) is 0 Å². The maximum absolute atomic E-state index is 10.2. The van der Waals surface area contributed by atoms with E-state index in [1.807, 2.05) is 0 Å². The van der Waals surface area contributed by atoms with Crippen molar-refractivity contribution >= 4 is 17.8 Å². The number of hydrogen-bond donors (Lipinski definition) is 3. The fourth-order valence-corrected chi connectivity index (χ4v) is 2.73. The molecular weight excluding hydrogens is 338 g/mol. The molecule has 25 heavy (non-hydrogen) atoms. The Bertz CT molecular complexity index is 879. The van der Waals surface area contributed by atoms with E-state index in [9.17, 15) is 15.3 Å². The van der Waals surface area contributed by atoms with Crippen molar-refractivity contribution in [2.75, 3.05) is 0 Å². The normalized spacial score (nSPS) is 11.3. The van der Waals surface area contributed by atoms with Crippen LogP contribution in [0.1, 0.15) is 22.7 Å². The van der Waals surface area contributed by atoms with Crippen LogP contribution >= 0.6 is 11.6 Å². The SMILES string of the molecule is Oc1ccc(Cl)cc1/C=N/C(c1ccccc1O)c1ccccc1O. The fourth-order valence-electron chi connectivity index (χ4n) is 2.55. The van der Waals surface area contributed by atoms with Gasteiger partial charge in [-0.25, -0.2) is 0 Å². The van der Waals surface area contributed by atoms with Crippen molar-refractivity contribution in [2.24, 2.45) is 4.99 Å². The second kappa shape index (κ2) is 7.28. The van der Waals surface area contributed by atoms with E-state index in [0.717, 1.165) is 0 Å². The number of halogens is 1. The molecule has 0 unspecified atom stereocenters. The number of benzene rings is 3. The molecule has 0 amide bonds. The minimum absolute atomic E-state index is 0.0430. The fraction of sp³-hybridized carbons (Fsp3) is 0.0500. The summed E-state index contributed by atoms with van der Waals surface area (Å²) in [6.45, 7) is 0. The first kappa shape index (κ1) is 16.9. The zero-order chi connectivity index (χ0) is 17.8. The number of aliphatic imine (C=N–C) groups is 1. The van der Waals surface area contributed by atoms with Crippen molar-refractivity contribution in [3.8, 4) is 17.2 Å². The van der Waals surface area contributed by atoms with Crippen LogP contribution in [0.4, 0.5) is 0 Å². The number of aromatic hydroxyl groups is 3. The van der Waals surface area contributed by atoms with Gasteiger partial charge in [-0.05, 0) is 30.3 Å². The molecule has 3 rings (SSSR count). The van der Waals surface area contributed by atoms with Crippen LogP contribution in [-0.4, -0.2) is 21.5 Å². The molecule has 0 saturated heterocycles. The first-order chi connectivity index (χ1) is 12.1. The highest BCUT2D eigenvalue weighted by Gasteiger charge is 2.19. The lowest BCUT2D eigenvalue weighted by Crippen LogP contribution is -2.00. The Balaban J connectivity index is 2.09. The van der Waals surface area contributed by atoms with Crippen LogP contribution in [0.5, 0.6) is 17.2 Å². The molecule has 0 aliphatic carbocycles. The first-order valence-electron chi connectivity index (χ1n) is 7.63. The third kappa shape index (κ3) is 3.75. The molecule has 0 aliphatic rings. The summed E-state index contributed by atoms with van der Waals surface area (Å²) in [6.07, 6.45) is 1.48. The Kier molecular flexibility index (Phi) is 4.91. The van der Waals surface area contributed by atoms with Crippen LogP contribution in [0, 0.1) is 0 Å². The highest BCUT2D eigenvalue weighted by molar-refractivity contribution is 6.30. The summed E-state index contributed by atoms with van der Waals surface area (Å²) < 4.78 is 0. The predicted molar refractivity (Wildman–Crippen MR) is 98.8 cm³/mol. The highest BCUT2D eigenvalue weighted by atomic mass is 35.5. The van der Waals surface area contributed by atoms with Gasteiger partial charge in [0.15, 0.2) is 0 Å². The Morgan fingerprint density at radius 1 is 0.760 bits per heavy atom. The summed E-state index contributed by atoms with van der Waals surface area (Å²) in [6, 6.07) is 17.6. The van der Waals surface area contributed by atoms with Gasteiger partial charge >= 0.3 is 0 Å². The molecule has 126 valence electrons. The smallest absolute Gasteiger partial charge is 0.124 e. The van der Waals surface area contributed by atoms with Gasteiger partial charge in [0.25, 0.3) is 0 Å². The Morgan fingerprint density at radius 2 is 1.32 bits per heavy atom. The second-order valence-electron chi connectivity index (χ2n) is 5.50. The largest absolute Gasteiger partial charge is 0.508 e. The van der Waals surface area contributed by atoms with E-state index in [0.29, 0.717) is 21.7 Å². The summed E-state index contributed by atoms with van der Waals surface area (Å²) in [5.74, 6) is 0.188. The van der Waals surface area contributed by atoms with Crippen molar-refractivity contribution in [1.29, 1.82) is 0 Å². The summed E-state index contributed by atoms with van der Waals surface area (Å²) in [4.78, 5) is 4.49. The molecule has 0 spiro atoms. The minimum atomic E-state index is -0.638. The molecule has 0 aromatic heterocycles. The molecule has 0 saturated carbocycles. The first-order valence-corrected chi connectivity index (χ1v) is 8.01. The molecule has 0 radical (unpaired) electrons. The summed E-state index contributed by atoms with van der Waals surface area (Å²) in [5, 5.41) is 30.8. The van der Waals surface area contributed by atoms with Gasteiger partial charge < -0.3 is 15.3 Å². The van der Waals surface area contributed by atoms with E-state index in [1.165, 1.54) is 12.3 Å². The van der Waals surface area contributed by atoms with E-state index in [1.54, 1.807) is 60.7 Å². The monoisotopic (exact) mass is 353 g/mol. The molecule has 3 aromatic carbocycles. The average Bonchev–Trinajstić information content (AvgIpc) is 2.60. The number of rotatable bonds is 4. The van der Waals surface area contributed by atoms with Crippen LogP contribution in [0.3, 0.4) is 0 Å². The third-order valence-corrected chi connectivity index (χ3v) is 4.05. The predicted octanol–water partition coefficient (Wildman–Crippen LogP) is 4.67. The minimum Gasteiger partial charge on any atom is -0.508 e. The van der Waals surface area contributed by atoms with E-state index in [4.69, 9.17) is 11.6 Å². The van der Waals surface area contributed by atoms with Gasteiger partial charge in [-0.2, -0.15) is 0 Å². The van der Waals surface area contributed by atoms with Crippen LogP contribution in [0.15, 0.2) is 71.7 Å². The molecule has 0 bridgehead atoms. The lowest BCUT2D eigenvalue weighted by atomic mass is 9.97. The van der Waals surface area contributed by atoms with Crippen molar-refractivity contribution in [1.82, 2.24) is 0 Å². The lowest BCUT2D eigenvalue weighted by Gasteiger charge is -2.16. The maximum atomic E-state index is 10.2. The highest BCUT2D eigenvalue weighted by Crippen LogP contribution is 2.36. The summed E-state index contributed by atoms with van der Waals surface area (Å²) in [7, 11) is 0. The number of para-hydroxylation sites is 2. The third-order valence-electron chi connectivity index (χ3n) is 3.81. The van der Waals surface area contributed by atoms with E-state index in [-0.39, 0.29) is 17.2 Å². The molecule has 3 aromatic rings. The van der Waals surface area contributed by atoms with Crippen molar-refractivity contribution in [2.45, 2.75) is 6.04 Å². The second-order valence-corrected chi connectivity index (χ2v) is 5.94. The Labute approximate surface area is 150 Å². The summed E-state index contributed by atoms with van der Waals surface area (Å²) >= 11 is 5.96. The molecule has 0 fully saturated rings. The number of phenolic OH excluding ortho intramolecular Hbond substituents is 3. The Morgan fingerprint density at radius 3 is 1.88 bits per heavy atom. The van der Waals surface area contributed by atoms with Crippen LogP contribution in [-0.2, 0) is 0 Å². The number of hydrogen-bond acceptors (Lipinski definition) is 4. The molecular formula is C20H16ClNO3. The molecule has 0 heterocycles. The molecule has 3 N–H and O–H groups in total. The number of phenols is 3. The lowest BCUT2D eigenvalue weighted by molar-refractivity contribution is 0.455. The van der Waals surface area contributed by atoms with Gasteiger partial charge in [0.1, 0.15) is 23.3 Å². The quantitative estimate of drug-likeness (QED) is 0.597. The molecule has 5 heteroatoms. The number of nitrogens with zero attached hydrogens (tertiary/aromatic N) is 1. The Hall–Kier alpha value is -2.98. The van der Waals surface area contributed by atoms with E-state index >= 15 is 0 Å².